The second-order valence-electron chi connectivity index (χ2n) is 17.0. The maximum atomic E-state index is 13.8. The molecule has 2 aliphatic carbocycles. The lowest BCUT2D eigenvalue weighted by Gasteiger charge is -2.26. The highest BCUT2D eigenvalue weighted by Crippen LogP contribution is 2.43. The Morgan fingerprint density at radius 2 is 1.00 bits per heavy atom. The molecule has 0 N–H and O–H groups in total. The molecule has 7 rings (SSSR count). The minimum Gasteiger partial charge on any atom is -0.467 e. The molecular formula is C55H50N2O17S. The molecule has 0 unspecified atom stereocenters. The predicted molar refractivity (Wildman–Crippen MR) is 266 cm³/mol. The van der Waals surface area contributed by atoms with Crippen LogP contribution < -0.4 is 33.2 Å². The first-order valence-corrected chi connectivity index (χ1v) is 24.4. The molecule has 5 aromatic rings. The van der Waals surface area contributed by atoms with Crippen LogP contribution in [0, 0.1) is 35.0 Å². The molecule has 0 bridgehead atoms. The van der Waals surface area contributed by atoms with Gasteiger partial charge in [-0.05, 0) is 106 Å². The molecule has 19 nitrogen and oxygen atoms in total. The van der Waals surface area contributed by atoms with Crippen LogP contribution in [0.2, 0.25) is 0 Å². The summed E-state index contributed by atoms with van der Waals surface area (Å²) in [6.07, 6.45) is 5.84. The van der Waals surface area contributed by atoms with E-state index in [1.807, 2.05) is 0 Å². The van der Waals surface area contributed by atoms with Crippen molar-refractivity contribution >= 4 is 63.2 Å². The number of aromatic nitrogens is 1. The first-order valence-electron chi connectivity index (χ1n) is 23.6. The fourth-order valence-corrected chi connectivity index (χ4v) is 9.00. The molecule has 1 heterocycles. The van der Waals surface area contributed by atoms with Crippen LogP contribution in [0.1, 0.15) is 56.9 Å². The third-order valence-electron chi connectivity index (χ3n) is 12.0. The summed E-state index contributed by atoms with van der Waals surface area (Å²) in [5, 5.41) is 9.89. The molecule has 0 spiro atoms. The second kappa shape index (κ2) is 26.3. The topological polar surface area (TPSA) is 248 Å². The van der Waals surface area contributed by atoms with Crippen molar-refractivity contribution in [2.24, 2.45) is 23.7 Å². The van der Waals surface area contributed by atoms with Gasteiger partial charge in [-0.2, -0.15) is 5.26 Å². The summed E-state index contributed by atoms with van der Waals surface area (Å²) >= 11 is 1.22. The summed E-state index contributed by atoms with van der Waals surface area (Å²) in [5.41, 5.74) is 1.41. The first-order chi connectivity index (χ1) is 36.3. The van der Waals surface area contributed by atoms with Crippen LogP contribution in [0.3, 0.4) is 0 Å². The molecule has 0 atom stereocenters. The summed E-state index contributed by atoms with van der Waals surface area (Å²) in [5.74, 6) is -4.42. The van der Waals surface area contributed by atoms with Gasteiger partial charge in [0.1, 0.15) is 50.6 Å². The van der Waals surface area contributed by atoms with Gasteiger partial charge in [-0.3, -0.25) is 24.0 Å². The zero-order valence-electron chi connectivity index (χ0n) is 40.4. The molecule has 0 saturated heterocycles. The van der Waals surface area contributed by atoms with Gasteiger partial charge in [0.15, 0.2) is 24.1 Å². The van der Waals surface area contributed by atoms with Crippen LogP contribution >= 0.6 is 11.3 Å². The predicted octanol–water partition coefficient (Wildman–Crippen LogP) is 8.71. The Labute approximate surface area is 434 Å². The van der Waals surface area contributed by atoms with Crippen LogP contribution in [-0.4, -0.2) is 73.6 Å². The zero-order valence-corrected chi connectivity index (χ0v) is 41.2. The van der Waals surface area contributed by atoms with Crippen molar-refractivity contribution in [1.29, 1.82) is 5.26 Å². The summed E-state index contributed by atoms with van der Waals surface area (Å²) < 4.78 is 55.1. The van der Waals surface area contributed by atoms with Gasteiger partial charge in [0.2, 0.25) is 13.6 Å². The first kappa shape index (κ1) is 54.1. The summed E-state index contributed by atoms with van der Waals surface area (Å²) in [6.45, 7) is 8.67. The van der Waals surface area contributed by atoms with Crippen LogP contribution in [0.15, 0.2) is 117 Å². The van der Waals surface area contributed by atoms with Crippen LogP contribution in [0.4, 0.5) is 0 Å². The lowest BCUT2D eigenvalue weighted by Crippen LogP contribution is -2.30. The van der Waals surface area contributed by atoms with E-state index in [-0.39, 0.29) is 60.2 Å². The number of thiazole rings is 1. The second-order valence-corrected chi connectivity index (χ2v) is 18.0. The van der Waals surface area contributed by atoms with E-state index in [0.717, 1.165) is 18.2 Å². The number of hydrogen-bond acceptors (Lipinski definition) is 20. The summed E-state index contributed by atoms with van der Waals surface area (Å²) in [4.78, 5) is 93.2. The Morgan fingerprint density at radius 3 is 1.52 bits per heavy atom. The Kier molecular flexibility index (Phi) is 19.0. The minimum atomic E-state index is -0.715. The summed E-state index contributed by atoms with van der Waals surface area (Å²) in [6, 6.07) is 22.5. The van der Waals surface area contributed by atoms with Crippen molar-refractivity contribution in [3.63, 3.8) is 0 Å². The molecule has 388 valence electrons. The van der Waals surface area contributed by atoms with Gasteiger partial charge >= 0.3 is 35.8 Å². The number of esters is 6. The molecule has 20 heteroatoms. The van der Waals surface area contributed by atoms with Crippen LogP contribution in [0.5, 0.6) is 40.2 Å². The van der Waals surface area contributed by atoms with Crippen molar-refractivity contribution in [2.75, 3.05) is 27.0 Å². The molecule has 2 saturated carbocycles. The van der Waals surface area contributed by atoms with Crippen molar-refractivity contribution in [1.82, 2.24) is 4.98 Å². The Hall–Kier alpha value is -8.67. The number of rotatable bonds is 23. The molecular weight excluding hydrogens is 993 g/mol. The third kappa shape index (κ3) is 15.2. The standard InChI is InChI=1S/C55H50N2O17S/c1-4-39(58)29-65-30-66-42-25-43(68-32-70-48(60)6-3)27-44(26-42)72-53(62)36-13-15-37(16-14-36)54(63)73-45-23-24-46(50-49(45)57-51(75-50)34-9-7-33(28-56)8-10-34)74-55(64)38-17-11-35(12-18-38)52(61)71-41-21-19-40(20-22-41)67-31-69-47(59)5-2/h4-10,19-27,35-38H,1-3,11-18,29-32H2. The van der Waals surface area contributed by atoms with Gasteiger partial charge in [-0.15, -0.1) is 11.3 Å². The van der Waals surface area contributed by atoms with E-state index in [9.17, 15) is 38.8 Å². The van der Waals surface area contributed by atoms with E-state index in [1.54, 1.807) is 54.6 Å². The van der Waals surface area contributed by atoms with E-state index in [1.165, 1.54) is 35.6 Å². The maximum Gasteiger partial charge on any atom is 0.333 e. The van der Waals surface area contributed by atoms with Gasteiger partial charge < -0.3 is 47.4 Å². The average molecular weight is 1040 g/mol. The molecule has 0 radical (unpaired) electrons. The van der Waals surface area contributed by atoms with Crippen molar-refractivity contribution in [2.45, 2.75) is 51.4 Å². The van der Waals surface area contributed by atoms with Crippen molar-refractivity contribution in [3.05, 3.63) is 122 Å². The zero-order chi connectivity index (χ0) is 53.3. The Morgan fingerprint density at radius 1 is 0.547 bits per heavy atom. The summed E-state index contributed by atoms with van der Waals surface area (Å²) in [7, 11) is 0. The lowest BCUT2D eigenvalue weighted by molar-refractivity contribution is -0.145. The van der Waals surface area contributed by atoms with Crippen molar-refractivity contribution < 1.29 is 80.9 Å². The molecule has 1 aromatic heterocycles. The normalized spacial score (nSPS) is 16.9. The van der Waals surface area contributed by atoms with Gasteiger partial charge in [0, 0.05) is 35.9 Å². The fraction of sp³-hybridized carbons (Fsp3) is 0.291. The highest BCUT2D eigenvalue weighted by atomic mass is 32.1. The van der Waals surface area contributed by atoms with Gasteiger partial charge in [0.25, 0.3) is 0 Å². The number of ether oxygens (including phenoxy) is 10. The Balaban J connectivity index is 0.960. The molecule has 0 amide bonds. The van der Waals surface area contributed by atoms with E-state index < -0.39 is 66.3 Å². The lowest BCUT2D eigenvalue weighted by atomic mass is 9.82. The number of nitrogens with zero attached hydrogens (tertiary/aromatic N) is 2. The molecule has 75 heavy (non-hydrogen) atoms. The highest BCUT2D eigenvalue weighted by Gasteiger charge is 2.35. The number of fused-ring (bicyclic) bond motifs is 1. The maximum absolute atomic E-state index is 13.8. The fourth-order valence-electron chi connectivity index (χ4n) is 7.96. The number of ketones is 1. The minimum absolute atomic E-state index is 0.0543. The number of carbonyl (C=O) groups excluding carboxylic acids is 7. The van der Waals surface area contributed by atoms with Gasteiger partial charge in [0.05, 0.1) is 35.3 Å². The number of hydrogen-bond donors (Lipinski definition) is 0. The molecule has 2 aliphatic rings. The molecule has 4 aromatic carbocycles. The molecule has 2 fully saturated rings. The van der Waals surface area contributed by atoms with Crippen LogP contribution in [0.25, 0.3) is 20.8 Å². The van der Waals surface area contributed by atoms with Crippen molar-refractivity contribution in [3.8, 4) is 56.9 Å². The Bertz CT molecular complexity index is 2980. The van der Waals surface area contributed by atoms with E-state index in [2.05, 4.69) is 25.8 Å². The van der Waals surface area contributed by atoms with Gasteiger partial charge in [-0.25, -0.2) is 14.6 Å². The smallest absolute Gasteiger partial charge is 0.333 e. The third-order valence-corrected chi connectivity index (χ3v) is 13.1. The van der Waals surface area contributed by atoms with E-state index in [0.29, 0.717) is 83.7 Å². The largest absolute Gasteiger partial charge is 0.467 e. The van der Waals surface area contributed by atoms with E-state index >= 15 is 0 Å². The number of benzene rings is 4. The number of carbonyl (C=O) groups is 7. The van der Waals surface area contributed by atoms with Gasteiger partial charge in [-0.1, -0.05) is 31.9 Å². The van der Waals surface area contributed by atoms with E-state index in [4.69, 9.17) is 52.4 Å². The highest BCUT2D eigenvalue weighted by molar-refractivity contribution is 7.22. The molecule has 0 aliphatic heterocycles. The van der Waals surface area contributed by atoms with Crippen LogP contribution in [-0.2, 0) is 47.8 Å². The average Bonchev–Trinajstić information content (AvgIpc) is 3.90. The SMILES string of the molecule is C=CC(=O)COCOc1cc(OCOC(=O)C=C)cc(OC(=O)C2CCC(C(=O)Oc3ccc(OC(=O)C4CCC(C(=O)Oc5ccc(OCOC(=O)C=C)cc5)CC4)c4sc(-c5ccc(C#N)cc5)nc34)CC2)c1. The monoisotopic (exact) mass is 1040 g/mol. The quantitative estimate of drug-likeness (QED) is 0.0195. The number of nitriles is 1.